The van der Waals surface area contributed by atoms with E-state index in [1.165, 1.54) is 6.42 Å². The van der Waals surface area contributed by atoms with Gasteiger partial charge < -0.3 is 14.5 Å². The minimum Gasteiger partial charge on any atom is -0.368 e. The number of pyridine rings is 1. The van der Waals surface area contributed by atoms with Gasteiger partial charge in [-0.05, 0) is 25.0 Å². The van der Waals surface area contributed by atoms with E-state index >= 15 is 0 Å². The summed E-state index contributed by atoms with van der Waals surface area (Å²) >= 11 is 0. The van der Waals surface area contributed by atoms with Gasteiger partial charge in [0.1, 0.15) is 5.82 Å². The highest BCUT2D eigenvalue weighted by Gasteiger charge is 2.35. The molecule has 9 nitrogen and oxygen atoms in total. The zero-order chi connectivity index (χ0) is 24.7. The number of rotatable bonds is 7. The van der Waals surface area contributed by atoms with Gasteiger partial charge in [-0.1, -0.05) is 55.7 Å². The van der Waals surface area contributed by atoms with E-state index in [-0.39, 0.29) is 36.9 Å². The summed E-state index contributed by atoms with van der Waals surface area (Å²) in [6.45, 7) is 1.22. The quantitative estimate of drug-likeness (QED) is 0.548. The van der Waals surface area contributed by atoms with Gasteiger partial charge in [0, 0.05) is 30.9 Å². The van der Waals surface area contributed by atoms with Crippen molar-refractivity contribution in [2.24, 2.45) is 0 Å². The Morgan fingerprint density at radius 3 is 2.61 bits per heavy atom. The maximum Gasteiger partial charge on any atom is 0.242 e. The number of carbonyl (C=O) groups excluding carboxylic acids is 2. The maximum atomic E-state index is 13.3. The average molecular weight is 489 g/mol. The topological polar surface area (TPSA) is 104 Å². The largest absolute Gasteiger partial charge is 0.368 e. The minimum absolute atomic E-state index is 0.0123. The highest BCUT2D eigenvalue weighted by atomic mass is 16.5. The first-order valence-corrected chi connectivity index (χ1v) is 12.7. The van der Waals surface area contributed by atoms with E-state index in [4.69, 9.17) is 4.74 Å². The van der Waals surface area contributed by atoms with Crippen LogP contribution >= 0.6 is 0 Å². The minimum atomic E-state index is -0.293. The van der Waals surface area contributed by atoms with Crippen molar-refractivity contribution in [1.82, 2.24) is 30.0 Å². The van der Waals surface area contributed by atoms with Gasteiger partial charge >= 0.3 is 0 Å². The van der Waals surface area contributed by atoms with Crippen molar-refractivity contribution in [2.75, 3.05) is 19.6 Å². The number of H-pyrrole nitrogens is 1. The van der Waals surface area contributed by atoms with Crippen molar-refractivity contribution in [1.29, 1.82) is 0 Å². The van der Waals surface area contributed by atoms with Crippen molar-refractivity contribution in [3.8, 4) is 11.4 Å². The second kappa shape index (κ2) is 11.4. The summed E-state index contributed by atoms with van der Waals surface area (Å²) in [5, 5.41) is 7.13. The molecular weight excluding hydrogens is 456 g/mol. The molecule has 0 bridgehead atoms. The van der Waals surface area contributed by atoms with E-state index in [0.717, 1.165) is 36.9 Å². The Bertz CT molecular complexity index is 1150. The molecule has 2 amide bonds. The molecule has 2 fully saturated rings. The molecule has 1 saturated carbocycles. The Kier molecular flexibility index (Phi) is 7.66. The maximum absolute atomic E-state index is 13.3. The summed E-state index contributed by atoms with van der Waals surface area (Å²) in [5.74, 6) is 0.841. The van der Waals surface area contributed by atoms with Crippen LogP contribution in [0.5, 0.6) is 0 Å². The Morgan fingerprint density at radius 1 is 1.03 bits per heavy atom. The zero-order valence-electron chi connectivity index (χ0n) is 20.4. The molecule has 2 aliphatic rings. The molecular formula is C27H32N6O3. The number of nitrogens with one attached hydrogen (secondary N) is 1. The van der Waals surface area contributed by atoms with Crippen LogP contribution in [0.2, 0.25) is 0 Å². The molecule has 188 valence electrons. The number of carbonyl (C=O) groups is 2. The second-order valence-electron chi connectivity index (χ2n) is 9.51. The average Bonchev–Trinajstić information content (AvgIpc) is 3.32. The first-order chi connectivity index (χ1) is 17.7. The first kappa shape index (κ1) is 24.1. The highest BCUT2D eigenvalue weighted by molar-refractivity contribution is 5.86. The predicted molar refractivity (Wildman–Crippen MR) is 134 cm³/mol. The number of hydrogen-bond donors (Lipinski definition) is 1. The third kappa shape index (κ3) is 5.96. The molecule has 9 heteroatoms. The second-order valence-corrected chi connectivity index (χ2v) is 9.51. The van der Waals surface area contributed by atoms with E-state index in [1.807, 2.05) is 53.4 Å². The molecule has 5 rings (SSSR count). The van der Waals surface area contributed by atoms with Crippen LogP contribution in [-0.2, 0) is 27.4 Å². The number of aromatic nitrogens is 4. The molecule has 2 aromatic heterocycles. The van der Waals surface area contributed by atoms with Gasteiger partial charge in [0.2, 0.25) is 11.8 Å². The standard InChI is InChI=1S/C27H32N6O3/c34-25(15-24-29-27(31-30-24)20-9-3-1-4-10-20)32-16-23(36-19-21-11-7-8-14-28-21)17-33(26(35)18-32)22-12-5-2-6-13-22/h1,3-4,7-11,14,22-23H,2,5-6,12-13,15-19H2,(H,29,30,31)/t23-/m0/s1. The van der Waals surface area contributed by atoms with E-state index in [1.54, 1.807) is 11.1 Å². The Hall–Kier alpha value is -3.59. The third-order valence-electron chi connectivity index (χ3n) is 6.91. The first-order valence-electron chi connectivity index (χ1n) is 12.7. The van der Waals surface area contributed by atoms with Crippen molar-refractivity contribution in [3.05, 3.63) is 66.2 Å². The van der Waals surface area contributed by atoms with Gasteiger partial charge in [0.05, 0.1) is 31.4 Å². The molecule has 1 N–H and O–H groups in total. The fourth-order valence-electron chi connectivity index (χ4n) is 5.02. The van der Waals surface area contributed by atoms with Crippen LogP contribution in [0.25, 0.3) is 11.4 Å². The molecule has 1 aliphatic heterocycles. The number of ether oxygens (including phenoxy) is 1. The molecule has 1 saturated heterocycles. The van der Waals surface area contributed by atoms with Crippen molar-refractivity contribution in [2.45, 2.75) is 57.3 Å². The lowest BCUT2D eigenvalue weighted by Crippen LogP contribution is -2.46. The van der Waals surface area contributed by atoms with Crippen LogP contribution in [-0.4, -0.2) is 73.6 Å². The lowest BCUT2D eigenvalue weighted by molar-refractivity contribution is -0.140. The van der Waals surface area contributed by atoms with E-state index < -0.39 is 0 Å². The van der Waals surface area contributed by atoms with Gasteiger partial charge in [0.25, 0.3) is 0 Å². The molecule has 3 heterocycles. The van der Waals surface area contributed by atoms with Crippen LogP contribution in [0.3, 0.4) is 0 Å². The number of amides is 2. The van der Waals surface area contributed by atoms with Crippen LogP contribution in [0, 0.1) is 0 Å². The van der Waals surface area contributed by atoms with Gasteiger partial charge in [-0.15, -0.1) is 0 Å². The third-order valence-corrected chi connectivity index (χ3v) is 6.91. The molecule has 0 radical (unpaired) electrons. The molecule has 1 aliphatic carbocycles. The number of benzene rings is 1. The van der Waals surface area contributed by atoms with E-state index in [0.29, 0.717) is 31.3 Å². The van der Waals surface area contributed by atoms with Crippen LogP contribution < -0.4 is 0 Å². The Labute approximate surface area is 210 Å². The highest BCUT2D eigenvalue weighted by Crippen LogP contribution is 2.25. The zero-order valence-corrected chi connectivity index (χ0v) is 20.4. The smallest absolute Gasteiger partial charge is 0.242 e. The summed E-state index contributed by atoms with van der Waals surface area (Å²) < 4.78 is 6.22. The molecule has 0 spiro atoms. The Morgan fingerprint density at radius 2 is 1.83 bits per heavy atom. The molecule has 0 unspecified atom stereocenters. The molecule has 1 atom stereocenters. The van der Waals surface area contributed by atoms with E-state index in [9.17, 15) is 9.59 Å². The van der Waals surface area contributed by atoms with Crippen molar-refractivity contribution >= 4 is 11.8 Å². The summed E-state index contributed by atoms with van der Waals surface area (Å²) in [5.41, 5.74) is 1.70. The summed E-state index contributed by atoms with van der Waals surface area (Å²) in [7, 11) is 0. The molecule has 36 heavy (non-hydrogen) atoms. The van der Waals surface area contributed by atoms with Gasteiger partial charge in [-0.25, -0.2) is 4.98 Å². The number of aromatic amines is 1. The fraction of sp³-hybridized carbons (Fsp3) is 0.444. The predicted octanol–water partition coefficient (Wildman–Crippen LogP) is 3.00. The van der Waals surface area contributed by atoms with Crippen LogP contribution in [0.1, 0.15) is 43.6 Å². The van der Waals surface area contributed by atoms with Gasteiger partial charge in [-0.2, -0.15) is 5.10 Å². The number of nitrogens with zero attached hydrogens (tertiary/aromatic N) is 5. The van der Waals surface area contributed by atoms with Gasteiger partial charge in [0.15, 0.2) is 5.82 Å². The summed E-state index contributed by atoms with van der Waals surface area (Å²) in [4.78, 5) is 39.0. The van der Waals surface area contributed by atoms with Crippen LogP contribution in [0.15, 0.2) is 54.7 Å². The molecule has 1 aromatic carbocycles. The Balaban J connectivity index is 1.29. The van der Waals surface area contributed by atoms with Crippen molar-refractivity contribution < 1.29 is 14.3 Å². The normalized spacial score (nSPS) is 19.3. The van der Waals surface area contributed by atoms with Crippen LogP contribution in [0.4, 0.5) is 0 Å². The number of hydrogen-bond acceptors (Lipinski definition) is 6. The fourth-order valence-corrected chi connectivity index (χ4v) is 5.02. The lowest BCUT2D eigenvalue weighted by atomic mass is 9.94. The monoisotopic (exact) mass is 488 g/mol. The SMILES string of the molecule is O=C(Cc1nc(-c2ccccc2)n[nH]1)N1CC(=O)N(C2CCCCC2)C[C@@H](OCc2ccccn2)C1. The summed E-state index contributed by atoms with van der Waals surface area (Å²) in [6, 6.07) is 15.5. The van der Waals surface area contributed by atoms with Gasteiger partial charge in [-0.3, -0.25) is 19.7 Å². The lowest BCUT2D eigenvalue weighted by Gasteiger charge is -2.34. The molecule has 3 aromatic rings. The van der Waals surface area contributed by atoms with Crippen molar-refractivity contribution in [3.63, 3.8) is 0 Å². The van der Waals surface area contributed by atoms with E-state index in [2.05, 4.69) is 20.2 Å². The summed E-state index contributed by atoms with van der Waals surface area (Å²) in [6.07, 6.45) is 6.98.